The number of nitrogens with zero attached hydrogens (tertiary/aromatic N) is 2. The van der Waals surface area contributed by atoms with Crippen molar-refractivity contribution in [3.8, 4) is 22.9 Å². The van der Waals surface area contributed by atoms with Crippen molar-refractivity contribution in [2.24, 2.45) is 5.84 Å². The Balaban J connectivity index is 0.000000304. The first-order chi connectivity index (χ1) is 18.2. The molecular weight excluding hydrogens is 558 g/mol. The van der Waals surface area contributed by atoms with E-state index in [1.54, 1.807) is 43.3 Å². The molecule has 0 aliphatic rings. The molecule has 0 bridgehead atoms. The molecule has 1 amide bonds. The molecule has 0 aliphatic heterocycles. The average Bonchev–Trinajstić information content (AvgIpc) is 3.55. The van der Waals surface area contributed by atoms with Crippen LogP contribution in [0.5, 0.6) is 0 Å². The molecule has 16 heteroatoms. The maximum absolute atomic E-state index is 11.1. The molecule has 0 spiro atoms. The molecule has 8 N–H and O–H groups in total. The summed E-state index contributed by atoms with van der Waals surface area (Å²) in [7, 11) is 1.00. The first-order valence-electron chi connectivity index (χ1n) is 10.5. The average molecular weight is 584 g/mol. The van der Waals surface area contributed by atoms with Crippen LogP contribution in [0.4, 0.5) is 10.5 Å². The van der Waals surface area contributed by atoms with E-state index in [1.165, 1.54) is 0 Å². The number of nitrogens with one attached hydrogen (secondary N) is 3. The fourth-order valence-electron chi connectivity index (χ4n) is 2.45. The van der Waals surface area contributed by atoms with Gasteiger partial charge in [-0.3, -0.25) is 10.2 Å². The zero-order valence-electron chi connectivity index (χ0n) is 20.3. The molecule has 2 aromatic heterocycles. The highest BCUT2D eigenvalue weighted by molar-refractivity contribution is 7.71. The number of anilines is 1. The number of hydrogen-bond acceptors (Lipinski definition) is 12. The minimum atomic E-state index is -0.738. The second-order valence-electron chi connectivity index (χ2n) is 6.57. The van der Waals surface area contributed by atoms with Gasteiger partial charge in [-0.05, 0) is 73.3 Å². The lowest BCUT2D eigenvalue weighted by Gasteiger charge is -2.00. The Labute approximate surface area is 232 Å². The van der Waals surface area contributed by atoms with Crippen LogP contribution in [0.25, 0.3) is 22.9 Å². The van der Waals surface area contributed by atoms with E-state index in [-0.39, 0.29) is 22.0 Å². The standard InChI is InChI=1S/C10H10N4O2S.C8H7N3OS.C3H5ClO2.CH4O/c11-12-8(15)5-6-1-3-7(4-2-6)9-13-14-10(17)16-9;9-6-3-1-5(2-4-6)7-10-11-8(13)12-7;1-2-6-3(4)5;1-2/h1-4H,5,11H2,(H,12,15)(H,14,17);1-4H,9H2,(H,11,13);2H2,1H3;2H,1H3. The van der Waals surface area contributed by atoms with Gasteiger partial charge in [0.25, 0.3) is 9.67 Å². The number of nitrogen functional groups attached to an aromatic ring is 1. The van der Waals surface area contributed by atoms with Gasteiger partial charge in [0.2, 0.25) is 17.7 Å². The van der Waals surface area contributed by atoms with Gasteiger partial charge in [0.15, 0.2) is 0 Å². The molecule has 0 atom stereocenters. The van der Waals surface area contributed by atoms with Gasteiger partial charge in [-0.2, -0.15) is 0 Å². The summed E-state index contributed by atoms with van der Waals surface area (Å²) in [6.45, 7) is 2.04. The van der Waals surface area contributed by atoms with E-state index >= 15 is 0 Å². The van der Waals surface area contributed by atoms with Gasteiger partial charge in [0, 0.05) is 35.5 Å². The number of aliphatic hydroxyl groups excluding tert-OH is 1. The van der Waals surface area contributed by atoms with Crippen LogP contribution in [0.2, 0.25) is 0 Å². The lowest BCUT2D eigenvalue weighted by atomic mass is 10.1. The van der Waals surface area contributed by atoms with Gasteiger partial charge in [-0.25, -0.2) is 20.8 Å². The van der Waals surface area contributed by atoms with Crippen LogP contribution < -0.4 is 17.0 Å². The molecule has 4 aromatic rings. The van der Waals surface area contributed by atoms with Crippen LogP contribution in [0, 0.1) is 9.67 Å². The maximum Gasteiger partial charge on any atom is 0.403 e. The smallest absolute Gasteiger partial charge is 0.403 e. The molecule has 0 unspecified atom stereocenters. The molecule has 38 heavy (non-hydrogen) atoms. The number of ether oxygens (including phenoxy) is 1. The SMILES string of the molecule is CCOC(=O)Cl.CO.NNC(=O)Cc1ccc(-c2n[nH]c(=S)o2)cc1.Nc1ccc(-c2n[nH]c(=S)o2)cc1. The third-order valence-corrected chi connectivity index (χ3v) is 4.48. The molecule has 204 valence electrons. The normalized spacial score (nSPS) is 9.39. The second kappa shape index (κ2) is 17.5. The molecule has 13 nitrogen and oxygen atoms in total. The van der Waals surface area contributed by atoms with Gasteiger partial charge in [-0.1, -0.05) is 12.1 Å². The number of H-pyrrole nitrogens is 2. The molecule has 0 fully saturated rings. The van der Waals surface area contributed by atoms with Gasteiger partial charge in [0.1, 0.15) is 0 Å². The number of aromatic nitrogens is 4. The first kappa shape index (κ1) is 32.1. The Morgan fingerprint density at radius 2 is 1.42 bits per heavy atom. The molecular formula is C22H26ClN7O6S2. The number of rotatable bonds is 5. The molecule has 0 aliphatic carbocycles. The number of carbonyl (C=O) groups excluding carboxylic acids is 2. The Morgan fingerprint density at radius 1 is 0.974 bits per heavy atom. The van der Waals surface area contributed by atoms with Crippen molar-refractivity contribution in [2.45, 2.75) is 13.3 Å². The Morgan fingerprint density at radius 3 is 1.74 bits per heavy atom. The van der Waals surface area contributed by atoms with E-state index in [1.807, 2.05) is 12.1 Å². The molecule has 2 heterocycles. The van der Waals surface area contributed by atoms with Gasteiger partial charge < -0.3 is 24.4 Å². The highest BCUT2D eigenvalue weighted by atomic mass is 35.5. The summed E-state index contributed by atoms with van der Waals surface area (Å²) in [6.07, 6.45) is 0.237. The Kier molecular flexibility index (Phi) is 14.8. The van der Waals surface area contributed by atoms with Gasteiger partial charge in [-0.15, -0.1) is 10.2 Å². The minimum Gasteiger partial charge on any atom is -0.454 e. The monoisotopic (exact) mass is 583 g/mol. The summed E-state index contributed by atoms with van der Waals surface area (Å²) in [6, 6.07) is 14.4. The number of nitrogens with two attached hydrogens (primary N) is 2. The number of carbonyl (C=O) groups is 2. The van der Waals surface area contributed by atoms with Crippen molar-refractivity contribution in [3.63, 3.8) is 0 Å². The van der Waals surface area contributed by atoms with E-state index in [2.05, 4.69) is 30.6 Å². The number of hydrazine groups is 1. The third-order valence-electron chi connectivity index (χ3n) is 4.02. The van der Waals surface area contributed by atoms with Crippen LogP contribution >= 0.6 is 36.0 Å². The van der Waals surface area contributed by atoms with Crippen LogP contribution in [0.1, 0.15) is 12.5 Å². The zero-order chi connectivity index (χ0) is 28.5. The third kappa shape index (κ3) is 11.9. The highest BCUT2D eigenvalue weighted by Crippen LogP contribution is 2.18. The first-order valence-corrected chi connectivity index (χ1v) is 11.7. The van der Waals surface area contributed by atoms with E-state index in [0.29, 0.717) is 24.1 Å². The van der Waals surface area contributed by atoms with E-state index in [9.17, 15) is 9.59 Å². The molecule has 0 saturated carbocycles. The highest BCUT2D eigenvalue weighted by Gasteiger charge is 2.05. The number of aliphatic hydroxyl groups is 1. The van der Waals surface area contributed by atoms with Crippen molar-refractivity contribution in [1.29, 1.82) is 0 Å². The van der Waals surface area contributed by atoms with Crippen LogP contribution in [0.15, 0.2) is 57.4 Å². The van der Waals surface area contributed by atoms with Crippen LogP contribution in [-0.4, -0.2) is 50.6 Å². The predicted molar refractivity (Wildman–Crippen MR) is 146 cm³/mol. The summed E-state index contributed by atoms with van der Waals surface area (Å²) in [5.41, 5.74) is 10.1. The number of halogens is 1. The molecule has 2 aromatic carbocycles. The topological polar surface area (TPSA) is 211 Å². The van der Waals surface area contributed by atoms with E-state index in [4.69, 9.17) is 61.6 Å². The van der Waals surface area contributed by atoms with Crippen molar-refractivity contribution in [3.05, 3.63) is 63.8 Å². The number of hydrogen-bond donors (Lipinski definition) is 6. The fraction of sp³-hybridized carbons (Fsp3) is 0.182. The quantitative estimate of drug-likeness (QED) is 0.0493. The van der Waals surface area contributed by atoms with Gasteiger partial charge >= 0.3 is 5.43 Å². The minimum absolute atomic E-state index is 0.228. The number of aromatic amines is 2. The van der Waals surface area contributed by atoms with Crippen molar-refractivity contribution in [2.75, 3.05) is 19.5 Å². The summed E-state index contributed by atoms with van der Waals surface area (Å²) < 4.78 is 14.4. The molecule has 0 radical (unpaired) electrons. The van der Waals surface area contributed by atoms with Crippen molar-refractivity contribution < 1.29 is 28.3 Å². The fourth-order valence-corrected chi connectivity index (χ4v) is 2.81. The van der Waals surface area contributed by atoms with Crippen molar-refractivity contribution in [1.82, 2.24) is 25.8 Å². The molecule has 0 saturated heterocycles. The van der Waals surface area contributed by atoms with Crippen LogP contribution in [-0.2, 0) is 16.0 Å². The van der Waals surface area contributed by atoms with Crippen LogP contribution in [0.3, 0.4) is 0 Å². The number of benzene rings is 2. The van der Waals surface area contributed by atoms with E-state index in [0.717, 1.165) is 23.8 Å². The number of amides is 1. The summed E-state index contributed by atoms with van der Waals surface area (Å²) >= 11 is 14.2. The van der Waals surface area contributed by atoms with Gasteiger partial charge in [0.05, 0.1) is 13.0 Å². The second-order valence-corrected chi connectivity index (χ2v) is 7.62. The lowest BCUT2D eigenvalue weighted by Crippen LogP contribution is -2.31. The zero-order valence-corrected chi connectivity index (χ0v) is 22.7. The van der Waals surface area contributed by atoms with Crippen molar-refractivity contribution >= 4 is 53.1 Å². The Bertz CT molecular complexity index is 1370. The summed E-state index contributed by atoms with van der Waals surface area (Å²) in [5.74, 6) is 5.66. The lowest BCUT2D eigenvalue weighted by molar-refractivity contribution is -0.120. The predicted octanol–water partition coefficient (Wildman–Crippen LogP) is 3.90. The summed E-state index contributed by atoms with van der Waals surface area (Å²) in [5, 5.41) is 19.9. The maximum atomic E-state index is 11.1. The largest absolute Gasteiger partial charge is 0.454 e. The Hall–Kier alpha value is -3.89. The summed E-state index contributed by atoms with van der Waals surface area (Å²) in [4.78, 5) is 21.1. The molecule has 4 rings (SSSR count). The van der Waals surface area contributed by atoms with E-state index < -0.39 is 5.43 Å².